The molecule has 2 aromatic rings. The molecule has 0 bridgehead atoms. The molecule has 0 aliphatic heterocycles. The Kier molecular flexibility index (Phi) is 4.66. The minimum Gasteiger partial charge on any atom is -0.350 e. The lowest BCUT2D eigenvalue weighted by Crippen LogP contribution is -2.34. The van der Waals surface area contributed by atoms with Crippen LogP contribution in [0.3, 0.4) is 0 Å². The number of hydrogen-bond donors (Lipinski definition) is 1. The van der Waals surface area contributed by atoms with Gasteiger partial charge in [0.1, 0.15) is 5.82 Å². The number of nitrogens with one attached hydrogen (secondary N) is 1. The molecular formula is C16H20BrFN2. The van der Waals surface area contributed by atoms with Crippen LogP contribution in [0.2, 0.25) is 0 Å². The Hall–Kier alpha value is -1.13. The van der Waals surface area contributed by atoms with Crippen LogP contribution in [0.4, 0.5) is 4.39 Å². The van der Waals surface area contributed by atoms with E-state index in [2.05, 4.69) is 65.0 Å². The van der Waals surface area contributed by atoms with Crippen LogP contribution in [0.25, 0.3) is 0 Å². The monoisotopic (exact) mass is 338 g/mol. The minimum atomic E-state index is -0.219. The summed E-state index contributed by atoms with van der Waals surface area (Å²) in [5.41, 5.74) is 2.43. The molecule has 2 nitrogen and oxygen atoms in total. The Labute approximate surface area is 128 Å². The summed E-state index contributed by atoms with van der Waals surface area (Å²) in [5.74, 6) is -0.219. The first kappa shape index (κ1) is 15.3. The van der Waals surface area contributed by atoms with E-state index in [1.165, 1.54) is 17.7 Å². The lowest BCUT2D eigenvalue weighted by molar-refractivity contribution is 0.424. The van der Waals surface area contributed by atoms with E-state index in [9.17, 15) is 4.39 Å². The van der Waals surface area contributed by atoms with Gasteiger partial charge in [-0.05, 0) is 50.1 Å². The molecule has 1 aromatic heterocycles. The maximum atomic E-state index is 13.1. The molecule has 0 atom stereocenters. The summed E-state index contributed by atoms with van der Waals surface area (Å²) >= 11 is 3.40. The van der Waals surface area contributed by atoms with Gasteiger partial charge in [0.05, 0.1) is 0 Å². The van der Waals surface area contributed by atoms with Crippen LogP contribution in [-0.2, 0) is 13.1 Å². The van der Waals surface area contributed by atoms with Crippen molar-refractivity contribution in [3.8, 4) is 0 Å². The lowest BCUT2D eigenvalue weighted by Gasteiger charge is -2.19. The molecule has 0 spiro atoms. The van der Waals surface area contributed by atoms with Gasteiger partial charge in [-0.15, -0.1) is 0 Å². The Morgan fingerprint density at radius 2 is 2.00 bits per heavy atom. The number of nitrogens with zero attached hydrogens (tertiary/aromatic N) is 1. The average molecular weight is 339 g/mol. The van der Waals surface area contributed by atoms with Gasteiger partial charge in [-0.2, -0.15) is 0 Å². The highest BCUT2D eigenvalue weighted by Gasteiger charge is 2.09. The van der Waals surface area contributed by atoms with Crippen LogP contribution >= 0.6 is 15.9 Å². The zero-order valence-electron chi connectivity index (χ0n) is 12.1. The molecular weight excluding hydrogens is 319 g/mol. The van der Waals surface area contributed by atoms with Gasteiger partial charge in [0.15, 0.2) is 0 Å². The molecule has 0 aliphatic carbocycles. The van der Waals surface area contributed by atoms with E-state index in [-0.39, 0.29) is 11.4 Å². The van der Waals surface area contributed by atoms with Crippen molar-refractivity contribution in [3.63, 3.8) is 0 Å². The average Bonchev–Trinajstić information content (AvgIpc) is 2.77. The van der Waals surface area contributed by atoms with Crippen molar-refractivity contribution >= 4 is 15.9 Å². The maximum Gasteiger partial charge on any atom is 0.124 e. The Morgan fingerprint density at radius 1 is 1.25 bits per heavy atom. The molecule has 0 saturated heterocycles. The van der Waals surface area contributed by atoms with Gasteiger partial charge in [-0.3, -0.25) is 0 Å². The molecule has 0 amide bonds. The predicted molar refractivity (Wildman–Crippen MR) is 84.2 cm³/mol. The molecule has 1 aromatic carbocycles. The fourth-order valence-electron chi connectivity index (χ4n) is 1.91. The summed E-state index contributed by atoms with van der Waals surface area (Å²) in [4.78, 5) is 0. The van der Waals surface area contributed by atoms with Gasteiger partial charge in [-0.25, -0.2) is 4.39 Å². The van der Waals surface area contributed by atoms with Crippen molar-refractivity contribution in [1.82, 2.24) is 9.88 Å². The number of halogens is 2. The largest absolute Gasteiger partial charge is 0.350 e. The van der Waals surface area contributed by atoms with Crippen molar-refractivity contribution in [3.05, 3.63) is 58.1 Å². The van der Waals surface area contributed by atoms with E-state index in [4.69, 9.17) is 0 Å². The molecule has 0 aliphatic rings. The van der Waals surface area contributed by atoms with Crippen molar-refractivity contribution in [1.29, 1.82) is 0 Å². The molecule has 1 heterocycles. The van der Waals surface area contributed by atoms with Crippen molar-refractivity contribution in [2.24, 2.45) is 0 Å². The van der Waals surface area contributed by atoms with Crippen LogP contribution in [0.15, 0.2) is 41.1 Å². The second-order valence-electron chi connectivity index (χ2n) is 6.03. The van der Waals surface area contributed by atoms with Gasteiger partial charge in [0.25, 0.3) is 0 Å². The summed E-state index contributed by atoms with van der Waals surface area (Å²) in [6, 6.07) is 6.91. The van der Waals surface area contributed by atoms with Crippen molar-refractivity contribution < 1.29 is 4.39 Å². The summed E-state index contributed by atoms with van der Waals surface area (Å²) < 4.78 is 16.0. The number of rotatable bonds is 4. The van der Waals surface area contributed by atoms with E-state index in [0.717, 1.165) is 23.1 Å². The third kappa shape index (κ3) is 4.46. The van der Waals surface area contributed by atoms with E-state index >= 15 is 0 Å². The highest BCUT2D eigenvalue weighted by Crippen LogP contribution is 2.19. The SMILES string of the molecule is CC(C)(C)NCc1ccn(Cc2ccc(F)cc2Br)c1. The maximum absolute atomic E-state index is 13.1. The quantitative estimate of drug-likeness (QED) is 0.878. The van der Waals surface area contributed by atoms with Gasteiger partial charge >= 0.3 is 0 Å². The number of hydrogen-bond acceptors (Lipinski definition) is 1. The Balaban J connectivity index is 2.02. The smallest absolute Gasteiger partial charge is 0.124 e. The summed E-state index contributed by atoms with van der Waals surface area (Å²) in [6.45, 7) is 8.04. The highest BCUT2D eigenvalue weighted by atomic mass is 79.9. The molecule has 4 heteroatoms. The van der Waals surface area contributed by atoms with E-state index in [1.807, 2.05) is 6.07 Å². The molecule has 108 valence electrons. The zero-order valence-corrected chi connectivity index (χ0v) is 13.7. The van der Waals surface area contributed by atoms with Crippen molar-refractivity contribution in [2.45, 2.75) is 39.4 Å². The number of benzene rings is 1. The van der Waals surface area contributed by atoms with E-state index in [1.54, 1.807) is 0 Å². The summed E-state index contributed by atoms with van der Waals surface area (Å²) in [7, 11) is 0. The Morgan fingerprint density at radius 3 is 2.65 bits per heavy atom. The standard InChI is InChI=1S/C16H20BrFN2/c1-16(2,3)19-9-12-6-7-20(10-12)11-13-4-5-14(18)8-15(13)17/h4-8,10,19H,9,11H2,1-3H3. The van der Waals surface area contributed by atoms with Gasteiger partial charge in [0, 0.05) is 35.5 Å². The van der Waals surface area contributed by atoms with Gasteiger partial charge < -0.3 is 9.88 Å². The predicted octanol–water partition coefficient (Wildman–Crippen LogP) is 4.33. The first-order valence-electron chi connectivity index (χ1n) is 6.67. The van der Waals surface area contributed by atoms with Crippen LogP contribution in [0.1, 0.15) is 31.9 Å². The minimum absolute atomic E-state index is 0.113. The van der Waals surface area contributed by atoms with E-state index in [0.29, 0.717) is 0 Å². The van der Waals surface area contributed by atoms with Gasteiger partial charge in [0.2, 0.25) is 0 Å². The third-order valence-corrected chi connectivity index (χ3v) is 3.74. The fraction of sp³-hybridized carbons (Fsp3) is 0.375. The van der Waals surface area contributed by atoms with Crippen LogP contribution in [0, 0.1) is 5.82 Å². The first-order chi connectivity index (χ1) is 9.33. The molecule has 20 heavy (non-hydrogen) atoms. The Bertz CT molecular complexity index is 584. The molecule has 0 saturated carbocycles. The zero-order chi connectivity index (χ0) is 14.8. The van der Waals surface area contributed by atoms with Crippen molar-refractivity contribution in [2.75, 3.05) is 0 Å². The third-order valence-electron chi connectivity index (χ3n) is 3.00. The normalized spacial score (nSPS) is 11.8. The topological polar surface area (TPSA) is 17.0 Å². The molecule has 1 N–H and O–H groups in total. The van der Waals surface area contributed by atoms with Gasteiger partial charge in [-0.1, -0.05) is 22.0 Å². The second kappa shape index (κ2) is 6.10. The lowest BCUT2D eigenvalue weighted by atomic mass is 10.1. The van der Waals surface area contributed by atoms with E-state index < -0.39 is 0 Å². The molecule has 0 unspecified atom stereocenters. The first-order valence-corrected chi connectivity index (χ1v) is 7.46. The highest BCUT2D eigenvalue weighted by molar-refractivity contribution is 9.10. The summed E-state index contributed by atoms with van der Waals surface area (Å²) in [5, 5.41) is 3.46. The van der Waals surface area contributed by atoms with Crippen LogP contribution in [0.5, 0.6) is 0 Å². The number of aromatic nitrogens is 1. The second-order valence-corrected chi connectivity index (χ2v) is 6.89. The van der Waals surface area contributed by atoms with Crippen LogP contribution < -0.4 is 5.32 Å². The molecule has 0 radical (unpaired) electrons. The molecule has 2 rings (SSSR count). The molecule has 0 fully saturated rings. The summed E-state index contributed by atoms with van der Waals surface area (Å²) in [6.07, 6.45) is 4.17. The fourth-order valence-corrected chi connectivity index (χ4v) is 2.38. The van der Waals surface area contributed by atoms with Crippen LogP contribution in [-0.4, -0.2) is 10.1 Å².